The highest BCUT2D eigenvalue weighted by molar-refractivity contribution is 9.10. The minimum Gasteiger partial charge on any atom is -0.435 e. The zero-order valence-corrected chi connectivity index (χ0v) is 13.2. The van der Waals surface area contributed by atoms with Gasteiger partial charge in [-0.25, -0.2) is 9.97 Å². The predicted octanol–water partition coefficient (Wildman–Crippen LogP) is 4.31. The summed E-state index contributed by atoms with van der Waals surface area (Å²) >= 11 is 9.31. The van der Waals surface area contributed by atoms with Gasteiger partial charge < -0.3 is 9.47 Å². The van der Waals surface area contributed by atoms with E-state index in [0.717, 1.165) is 0 Å². The summed E-state index contributed by atoms with van der Waals surface area (Å²) in [6, 6.07) is 5.98. The molecular formula is C13H10BrClF2N2O2. The monoisotopic (exact) mass is 378 g/mol. The van der Waals surface area contributed by atoms with Crippen LogP contribution < -0.4 is 4.74 Å². The molecule has 0 aliphatic heterocycles. The Hall–Kier alpha value is -1.31. The number of rotatable bonds is 5. The van der Waals surface area contributed by atoms with E-state index in [4.69, 9.17) is 16.3 Å². The van der Waals surface area contributed by atoms with Crippen LogP contribution in [0.5, 0.6) is 5.75 Å². The van der Waals surface area contributed by atoms with Crippen LogP contribution in [0.2, 0.25) is 5.15 Å². The summed E-state index contributed by atoms with van der Waals surface area (Å²) in [6.07, 6.45) is 0. The fraction of sp³-hybridized carbons (Fsp3) is 0.231. The quantitative estimate of drug-likeness (QED) is 0.726. The lowest BCUT2D eigenvalue weighted by molar-refractivity contribution is -0.0498. The lowest BCUT2D eigenvalue weighted by Gasteiger charge is -2.08. The Balaban J connectivity index is 2.33. The standard InChI is InChI=1S/C13H10BrClF2N2O2/c1-20-6-9-10(14)11(15)19-12(18-9)7-2-4-8(5-3-7)21-13(16)17/h2-5,13H,6H2,1H3. The zero-order valence-electron chi connectivity index (χ0n) is 10.8. The molecule has 112 valence electrons. The van der Waals surface area contributed by atoms with Gasteiger partial charge in [0, 0.05) is 12.7 Å². The van der Waals surface area contributed by atoms with Crippen molar-refractivity contribution in [3.63, 3.8) is 0 Å². The van der Waals surface area contributed by atoms with Crippen molar-refractivity contribution in [3.8, 4) is 17.1 Å². The smallest absolute Gasteiger partial charge is 0.387 e. The second-order valence-electron chi connectivity index (χ2n) is 3.93. The van der Waals surface area contributed by atoms with Crippen molar-refractivity contribution in [2.75, 3.05) is 7.11 Å². The maximum atomic E-state index is 12.1. The normalized spacial score (nSPS) is 11.0. The molecule has 2 aromatic rings. The van der Waals surface area contributed by atoms with Gasteiger partial charge in [-0.15, -0.1) is 0 Å². The average molecular weight is 380 g/mol. The molecule has 0 bridgehead atoms. The van der Waals surface area contributed by atoms with Crippen LogP contribution in [0, 0.1) is 0 Å². The fourth-order valence-corrected chi connectivity index (χ4v) is 2.09. The van der Waals surface area contributed by atoms with E-state index < -0.39 is 6.61 Å². The Kier molecular flexibility index (Phi) is 5.44. The first kappa shape index (κ1) is 16.1. The third kappa shape index (κ3) is 4.09. The number of benzene rings is 1. The number of hydrogen-bond donors (Lipinski definition) is 0. The Morgan fingerprint density at radius 2 is 1.90 bits per heavy atom. The van der Waals surface area contributed by atoms with Crippen LogP contribution in [0.1, 0.15) is 5.69 Å². The SMILES string of the molecule is COCc1nc(-c2ccc(OC(F)F)cc2)nc(Cl)c1Br. The van der Waals surface area contributed by atoms with Gasteiger partial charge in [0.1, 0.15) is 10.9 Å². The first-order valence-corrected chi connectivity index (χ1v) is 6.94. The minimum atomic E-state index is -2.86. The summed E-state index contributed by atoms with van der Waals surface area (Å²) in [6.45, 7) is -2.59. The maximum Gasteiger partial charge on any atom is 0.387 e. The Morgan fingerprint density at radius 1 is 1.24 bits per heavy atom. The summed E-state index contributed by atoms with van der Waals surface area (Å²) in [4.78, 5) is 8.47. The van der Waals surface area contributed by atoms with Gasteiger partial charge in [-0.1, -0.05) is 11.6 Å². The molecule has 1 heterocycles. The van der Waals surface area contributed by atoms with Crippen molar-refractivity contribution >= 4 is 27.5 Å². The summed E-state index contributed by atoms with van der Waals surface area (Å²) in [5.41, 5.74) is 1.23. The number of halogens is 4. The number of methoxy groups -OCH3 is 1. The van der Waals surface area contributed by atoms with Crippen LogP contribution in [0.4, 0.5) is 8.78 Å². The Bertz CT molecular complexity index is 626. The summed E-state index contributed by atoms with van der Waals surface area (Å²) in [7, 11) is 1.54. The number of nitrogens with zero attached hydrogens (tertiary/aromatic N) is 2. The molecule has 1 aromatic carbocycles. The first-order chi connectivity index (χ1) is 10.0. The third-order valence-electron chi connectivity index (χ3n) is 2.50. The number of alkyl halides is 2. The van der Waals surface area contributed by atoms with Crippen LogP contribution in [-0.4, -0.2) is 23.7 Å². The molecule has 1 aromatic heterocycles. The van der Waals surface area contributed by atoms with Crippen LogP contribution in [0.15, 0.2) is 28.7 Å². The van der Waals surface area contributed by atoms with E-state index >= 15 is 0 Å². The van der Waals surface area contributed by atoms with Crippen molar-refractivity contribution < 1.29 is 18.3 Å². The van der Waals surface area contributed by atoms with Crippen LogP contribution in [-0.2, 0) is 11.3 Å². The van der Waals surface area contributed by atoms with Gasteiger partial charge in [0.15, 0.2) is 5.82 Å². The van der Waals surface area contributed by atoms with E-state index in [9.17, 15) is 8.78 Å². The molecule has 0 aliphatic carbocycles. The van der Waals surface area contributed by atoms with Gasteiger partial charge in [0.25, 0.3) is 0 Å². The lowest BCUT2D eigenvalue weighted by Crippen LogP contribution is -2.02. The molecule has 0 fully saturated rings. The van der Waals surface area contributed by atoms with E-state index in [1.807, 2.05) is 0 Å². The Morgan fingerprint density at radius 3 is 2.48 bits per heavy atom. The average Bonchev–Trinajstić information content (AvgIpc) is 2.44. The van der Waals surface area contributed by atoms with Gasteiger partial charge in [-0.05, 0) is 40.2 Å². The van der Waals surface area contributed by atoms with E-state index in [-0.39, 0.29) is 17.5 Å². The molecule has 8 heteroatoms. The van der Waals surface area contributed by atoms with Crippen LogP contribution in [0.3, 0.4) is 0 Å². The van der Waals surface area contributed by atoms with E-state index in [2.05, 4.69) is 30.6 Å². The van der Waals surface area contributed by atoms with Crippen LogP contribution in [0.25, 0.3) is 11.4 Å². The molecule has 0 unspecified atom stereocenters. The third-order valence-corrected chi connectivity index (χ3v) is 3.83. The molecule has 4 nitrogen and oxygen atoms in total. The number of ether oxygens (including phenoxy) is 2. The second kappa shape index (κ2) is 7.11. The van der Waals surface area contributed by atoms with E-state index in [1.54, 1.807) is 19.2 Å². The van der Waals surface area contributed by atoms with Gasteiger partial charge in [0.2, 0.25) is 0 Å². The van der Waals surface area contributed by atoms with Gasteiger partial charge in [0.05, 0.1) is 16.8 Å². The molecule has 0 saturated carbocycles. The highest BCUT2D eigenvalue weighted by atomic mass is 79.9. The highest BCUT2D eigenvalue weighted by Gasteiger charge is 2.12. The highest BCUT2D eigenvalue weighted by Crippen LogP contribution is 2.28. The van der Waals surface area contributed by atoms with E-state index in [1.165, 1.54) is 12.1 Å². The van der Waals surface area contributed by atoms with Gasteiger partial charge >= 0.3 is 6.61 Å². The second-order valence-corrected chi connectivity index (χ2v) is 5.09. The van der Waals surface area contributed by atoms with Crippen LogP contribution >= 0.6 is 27.5 Å². The summed E-state index contributed by atoms with van der Waals surface area (Å²) in [5, 5.41) is 0.250. The van der Waals surface area contributed by atoms with Crippen molar-refractivity contribution in [1.82, 2.24) is 9.97 Å². The molecule has 0 amide bonds. The lowest BCUT2D eigenvalue weighted by atomic mass is 10.2. The molecule has 0 saturated heterocycles. The van der Waals surface area contributed by atoms with Crippen molar-refractivity contribution in [2.24, 2.45) is 0 Å². The molecule has 0 aliphatic rings. The first-order valence-electron chi connectivity index (χ1n) is 5.77. The number of aromatic nitrogens is 2. The fourth-order valence-electron chi connectivity index (χ4n) is 1.61. The molecule has 0 spiro atoms. The molecule has 0 atom stereocenters. The molecule has 2 rings (SSSR count). The topological polar surface area (TPSA) is 44.2 Å². The molecule has 0 N–H and O–H groups in total. The van der Waals surface area contributed by atoms with Crippen molar-refractivity contribution in [2.45, 2.75) is 13.2 Å². The van der Waals surface area contributed by atoms with Gasteiger partial charge in [-0.2, -0.15) is 8.78 Å². The molecule has 0 radical (unpaired) electrons. The maximum absolute atomic E-state index is 12.1. The largest absolute Gasteiger partial charge is 0.435 e. The Labute approximate surface area is 133 Å². The summed E-state index contributed by atoms with van der Waals surface area (Å²) in [5.74, 6) is 0.438. The van der Waals surface area contributed by atoms with Crippen molar-refractivity contribution in [3.05, 3.63) is 39.6 Å². The zero-order chi connectivity index (χ0) is 15.4. The van der Waals surface area contributed by atoms with Gasteiger partial charge in [-0.3, -0.25) is 0 Å². The van der Waals surface area contributed by atoms with E-state index in [0.29, 0.717) is 21.6 Å². The van der Waals surface area contributed by atoms with Crippen molar-refractivity contribution in [1.29, 1.82) is 0 Å². The molecular weight excluding hydrogens is 370 g/mol. The number of hydrogen-bond acceptors (Lipinski definition) is 4. The predicted molar refractivity (Wildman–Crippen MR) is 77.5 cm³/mol. The summed E-state index contributed by atoms with van der Waals surface area (Å²) < 4.78 is 34.1. The molecule has 21 heavy (non-hydrogen) atoms. The minimum absolute atomic E-state index is 0.0640.